The van der Waals surface area contributed by atoms with E-state index in [9.17, 15) is 10.1 Å². The van der Waals surface area contributed by atoms with Gasteiger partial charge in [0, 0.05) is 36.4 Å². The fraction of sp³-hybridized carbons (Fsp3) is 0.379. The number of nitriles is 1. The van der Waals surface area contributed by atoms with E-state index in [-0.39, 0.29) is 11.2 Å². The molecule has 194 valence electrons. The van der Waals surface area contributed by atoms with Crippen molar-refractivity contribution in [3.05, 3.63) is 81.3 Å². The fourth-order valence-electron chi connectivity index (χ4n) is 5.07. The summed E-state index contributed by atoms with van der Waals surface area (Å²) in [6.45, 7) is 5.37. The van der Waals surface area contributed by atoms with E-state index in [1.54, 1.807) is 14.2 Å². The van der Waals surface area contributed by atoms with Gasteiger partial charge in [-0.1, -0.05) is 43.6 Å². The molecule has 0 unspecified atom stereocenters. The van der Waals surface area contributed by atoms with Gasteiger partial charge in [-0.05, 0) is 47.2 Å². The molecule has 8 heteroatoms. The summed E-state index contributed by atoms with van der Waals surface area (Å²) in [5, 5.41) is 10.8. The Labute approximate surface area is 223 Å². The van der Waals surface area contributed by atoms with Crippen LogP contribution >= 0.6 is 11.6 Å². The Kier molecular flexibility index (Phi) is 7.82. The van der Waals surface area contributed by atoms with Crippen LogP contribution in [0, 0.1) is 16.7 Å². The lowest BCUT2D eigenvalue weighted by Gasteiger charge is -2.43. The average Bonchev–Trinajstić information content (AvgIpc) is 2.86. The van der Waals surface area contributed by atoms with Gasteiger partial charge >= 0.3 is 0 Å². The molecule has 2 N–H and O–H groups in total. The molecule has 1 aliphatic carbocycles. The molecular formula is C29H32ClN3O4. The zero-order valence-electron chi connectivity index (χ0n) is 21.6. The molecule has 4 rings (SSSR count). The molecule has 0 spiro atoms. The van der Waals surface area contributed by atoms with Gasteiger partial charge in [0.05, 0.1) is 31.3 Å². The summed E-state index contributed by atoms with van der Waals surface area (Å²) >= 11 is 5.98. The summed E-state index contributed by atoms with van der Waals surface area (Å²) in [5.41, 5.74) is 9.92. The summed E-state index contributed by atoms with van der Waals surface area (Å²) < 4.78 is 17.0. The van der Waals surface area contributed by atoms with E-state index in [2.05, 4.69) is 19.9 Å². The number of benzene rings is 2. The van der Waals surface area contributed by atoms with Crippen molar-refractivity contribution in [2.24, 2.45) is 11.1 Å². The van der Waals surface area contributed by atoms with Crippen molar-refractivity contribution in [1.82, 2.24) is 4.90 Å². The number of carbonyl (C=O) groups is 1. The Morgan fingerprint density at radius 1 is 1.14 bits per heavy atom. The molecule has 0 saturated carbocycles. The molecular weight excluding hydrogens is 490 g/mol. The van der Waals surface area contributed by atoms with Crippen LogP contribution in [0.15, 0.2) is 65.1 Å². The molecule has 1 aliphatic heterocycles. The molecule has 0 fully saturated rings. The maximum Gasteiger partial charge on any atom is 0.162 e. The third kappa shape index (κ3) is 5.46. The van der Waals surface area contributed by atoms with Crippen LogP contribution in [0.3, 0.4) is 0 Å². The number of carbonyl (C=O) groups excluding carboxylic acids is 1. The highest BCUT2D eigenvalue weighted by molar-refractivity contribution is 6.30. The van der Waals surface area contributed by atoms with Crippen LogP contribution in [0.25, 0.3) is 0 Å². The number of ether oxygens (including phenoxy) is 3. The average molecular weight is 522 g/mol. The van der Waals surface area contributed by atoms with Crippen LogP contribution in [0.2, 0.25) is 5.02 Å². The summed E-state index contributed by atoms with van der Waals surface area (Å²) in [5.74, 6) is 0.868. The van der Waals surface area contributed by atoms with Crippen LogP contribution in [0.5, 0.6) is 11.5 Å². The van der Waals surface area contributed by atoms with Crippen LogP contribution in [-0.4, -0.2) is 38.1 Å². The van der Waals surface area contributed by atoms with E-state index in [1.165, 1.54) is 0 Å². The highest BCUT2D eigenvalue weighted by atomic mass is 35.5. The van der Waals surface area contributed by atoms with E-state index >= 15 is 0 Å². The van der Waals surface area contributed by atoms with Gasteiger partial charge in [0.1, 0.15) is 12.4 Å². The van der Waals surface area contributed by atoms with E-state index in [1.807, 2.05) is 47.4 Å². The molecule has 37 heavy (non-hydrogen) atoms. The van der Waals surface area contributed by atoms with Gasteiger partial charge in [0.25, 0.3) is 0 Å². The van der Waals surface area contributed by atoms with Crippen LogP contribution < -0.4 is 15.2 Å². The molecule has 0 aromatic heterocycles. The van der Waals surface area contributed by atoms with Gasteiger partial charge in [-0.25, -0.2) is 0 Å². The van der Waals surface area contributed by atoms with Crippen molar-refractivity contribution in [3.8, 4) is 17.6 Å². The number of hydrogen-bond acceptors (Lipinski definition) is 7. The lowest BCUT2D eigenvalue weighted by Crippen LogP contribution is -2.43. The number of rotatable bonds is 8. The Bertz CT molecular complexity index is 1290. The summed E-state index contributed by atoms with van der Waals surface area (Å²) in [4.78, 5) is 15.4. The normalized spacial score (nSPS) is 19.0. The van der Waals surface area contributed by atoms with Crippen LogP contribution in [0.1, 0.15) is 43.7 Å². The molecule has 1 heterocycles. The predicted octanol–water partition coefficient (Wildman–Crippen LogP) is 5.31. The first-order valence-electron chi connectivity index (χ1n) is 12.2. The number of Topliss-reactive ketones (excluding diaryl/α,β-unsaturated/α-hetero) is 1. The minimum absolute atomic E-state index is 0.0287. The molecule has 0 radical (unpaired) electrons. The smallest absolute Gasteiger partial charge is 0.162 e. The largest absolute Gasteiger partial charge is 0.493 e. The first-order valence-corrected chi connectivity index (χ1v) is 12.5. The standard InChI is InChI=1S/C29H32ClN3O4/c1-29(2)14-22-27(23(34)15-29)26(21(16-31)28(32)33(22)11-12-35-3)19-7-10-24(25(13-19)36-4)37-17-18-5-8-20(30)9-6-18/h5-10,13,26H,11-12,14-15,17,32H2,1-4H3/t26-/m1/s1. The lowest BCUT2D eigenvalue weighted by atomic mass is 9.68. The Hall–Kier alpha value is -3.47. The highest BCUT2D eigenvalue weighted by Gasteiger charge is 2.44. The number of nitrogens with two attached hydrogens (primary N) is 1. The van der Waals surface area contributed by atoms with Gasteiger partial charge in [-0.2, -0.15) is 5.26 Å². The maximum absolute atomic E-state index is 13.6. The SMILES string of the molecule is COCCN1C(N)=C(C#N)[C@@H](c2ccc(OCc3ccc(Cl)cc3)c(OC)c2)C2=C1CC(C)(C)CC2=O. The quantitative estimate of drug-likeness (QED) is 0.502. The van der Waals surface area contributed by atoms with E-state index in [4.69, 9.17) is 31.5 Å². The van der Waals surface area contributed by atoms with Crippen LogP contribution in [-0.2, 0) is 16.1 Å². The molecule has 2 aromatic rings. The zero-order chi connectivity index (χ0) is 26.7. The molecule has 0 bridgehead atoms. The Morgan fingerprint density at radius 2 is 1.86 bits per heavy atom. The lowest BCUT2D eigenvalue weighted by molar-refractivity contribution is -0.118. The van der Waals surface area contributed by atoms with Crippen molar-refractivity contribution in [3.63, 3.8) is 0 Å². The van der Waals surface area contributed by atoms with Crippen molar-refractivity contribution in [2.75, 3.05) is 27.4 Å². The first kappa shape index (κ1) is 26.6. The van der Waals surface area contributed by atoms with E-state index in [0.717, 1.165) is 16.8 Å². The minimum Gasteiger partial charge on any atom is -0.493 e. The number of nitrogens with zero attached hydrogens (tertiary/aromatic N) is 2. The predicted molar refractivity (Wildman–Crippen MR) is 142 cm³/mol. The molecule has 0 amide bonds. The molecule has 1 atom stereocenters. The van der Waals surface area contributed by atoms with Gasteiger partial charge < -0.3 is 24.8 Å². The van der Waals surface area contributed by atoms with Crippen molar-refractivity contribution in [2.45, 2.75) is 39.2 Å². The molecule has 2 aliphatic rings. The van der Waals surface area contributed by atoms with Crippen molar-refractivity contribution in [1.29, 1.82) is 5.26 Å². The maximum atomic E-state index is 13.6. The van der Waals surface area contributed by atoms with Gasteiger partial charge in [-0.3, -0.25) is 4.79 Å². The fourth-order valence-corrected chi connectivity index (χ4v) is 5.20. The third-order valence-electron chi connectivity index (χ3n) is 6.83. The van der Waals surface area contributed by atoms with Gasteiger partial charge in [0.15, 0.2) is 17.3 Å². The van der Waals surface area contributed by atoms with Crippen molar-refractivity contribution >= 4 is 17.4 Å². The minimum atomic E-state index is -0.582. The van der Waals surface area contributed by atoms with Crippen molar-refractivity contribution < 1.29 is 19.0 Å². The summed E-state index contributed by atoms with van der Waals surface area (Å²) in [6, 6.07) is 15.2. The number of methoxy groups -OCH3 is 2. The van der Waals surface area contributed by atoms with Gasteiger partial charge in [0.2, 0.25) is 0 Å². The number of halogens is 1. The highest BCUT2D eigenvalue weighted by Crippen LogP contribution is 2.49. The van der Waals surface area contributed by atoms with E-state index in [0.29, 0.717) is 66.1 Å². The van der Waals surface area contributed by atoms with Crippen LogP contribution in [0.4, 0.5) is 0 Å². The number of hydrogen-bond donors (Lipinski definition) is 1. The summed E-state index contributed by atoms with van der Waals surface area (Å²) in [7, 11) is 3.18. The Morgan fingerprint density at radius 3 is 2.51 bits per heavy atom. The molecule has 7 nitrogen and oxygen atoms in total. The van der Waals surface area contributed by atoms with Gasteiger partial charge in [-0.15, -0.1) is 0 Å². The summed E-state index contributed by atoms with van der Waals surface area (Å²) in [6.07, 6.45) is 1.08. The molecule has 2 aromatic carbocycles. The third-order valence-corrected chi connectivity index (χ3v) is 7.09. The topological polar surface area (TPSA) is 97.8 Å². The van der Waals surface area contributed by atoms with E-state index < -0.39 is 5.92 Å². The second kappa shape index (κ2) is 10.9. The molecule has 0 saturated heterocycles. The Balaban J connectivity index is 1.74. The first-order chi connectivity index (χ1) is 17.7. The second-order valence-corrected chi connectivity index (χ2v) is 10.6. The second-order valence-electron chi connectivity index (χ2n) is 10.1. The monoisotopic (exact) mass is 521 g/mol. The zero-order valence-corrected chi connectivity index (χ0v) is 22.4. The number of allylic oxidation sites excluding steroid dienone is 3. The number of ketones is 1.